The summed E-state index contributed by atoms with van der Waals surface area (Å²) in [5.74, 6) is -1.36. The number of para-hydroxylation sites is 1. The Hall–Kier alpha value is -3.94. The van der Waals surface area contributed by atoms with Crippen LogP contribution in [0.1, 0.15) is 76.9 Å². The predicted octanol–water partition coefficient (Wildman–Crippen LogP) is 4.84. The number of rotatable bonds is 7. The van der Waals surface area contributed by atoms with Crippen molar-refractivity contribution in [3.05, 3.63) is 81.3 Å². The maximum absolute atomic E-state index is 13.3. The Labute approximate surface area is 196 Å². The van der Waals surface area contributed by atoms with Gasteiger partial charge in [-0.2, -0.15) is 0 Å². The zero-order valence-electron chi connectivity index (χ0n) is 19.0. The van der Waals surface area contributed by atoms with Crippen molar-refractivity contribution < 1.29 is 19.4 Å². The molecule has 0 saturated heterocycles. The average Bonchev–Trinajstić information content (AvgIpc) is 3.19. The molecule has 3 aromatic rings. The molecule has 0 amide bonds. The van der Waals surface area contributed by atoms with Crippen LogP contribution in [0.25, 0.3) is 5.69 Å². The second-order valence-corrected chi connectivity index (χ2v) is 8.27. The van der Waals surface area contributed by atoms with E-state index in [2.05, 4.69) is 16.2 Å². The minimum atomic E-state index is -1.13. The monoisotopic (exact) mass is 461 g/mol. The Morgan fingerprint density at radius 2 is 1.91 bits per heavy atom. The molecule has 0 radical (unpaired) electrons. The van der Waals surface area contributed by atoms with Crippen molar-refractivity contribution in [3.8, 4) is 5.69 Å². The van der Waals surface area contributed by atoms with Gasteiger partial charge in [-0.05, 0) is 55.5 Å². The second-order valence-electron chi connectivity index (χ2n) is 8.27. The number of carbonyl (C=O) groups excluding carboxylic acids is 1. The Bertz CT molecular complexity index is 1280. The maximum Gasteiger partial charge on any atom is 0.357 e. The number of aromatic nitrogens is 2. The molecule has 8 heteroatoms. The normalized spacial score (nSPS) is 14.4. The predicted molar refractivity (Wildman–Crippen MR) is 129 cm³/mol. The van der Waals surface area contributed by atoms with E-state index in [1.54, 1.807) is 25.1 Å². The van der Waals surface area contributed by atoms with E-state index in [0.717, 1.165) is 12.8 Å². The van der Waals surface area contributed by atoms with Crippen LogP contribution in [-0.2, 0) is 4.74 Å². The first-order chi connectivity index (χ1) is 16.5. The van der Waals surface area contributed by atoms with Gasteiger partial charge in [-0.1, -0.05) is 43.5 Å². The summed E-state index contributed by atoms with van der Waals surface area (Å²) >= 11 is 0. The van der Waals surface area contributed by atoms with Gasteiger partial charge in [0, 0.05) is 6.21 Å². The Balaban J connectivity index is 1.77. The van der Waals surface area contributed by atoms with Gasteiger partial charge >= 0.3 is 11.9 Å². The van der Waals surface area contributed by atoms with Gasteiger partial charge in [0.2, 0.25) is 0 Å². The average molecular weight is 462 g/mol. The number of benzene rings is 2. The van der Waals surface area contributed by atoms with Crippen LogP contribution in [-0.4, -0.2) is 39.6 Å². The van der Waals surface area contributed by atoms with E-state index in [1.807, 2.05) is 12.1 Å². The number of carboxylic acid groups (broad SMARTS) is 1. The lowest BCUT2D eigenvalue weighted by Crippen LogP contribution is -2.18. The van der Waals surface area contributed by atoms with Crippen LogP contribution in [0.3, 0.4) is 0 Å². The van der Waals surface area contributed by atoms with Crippen LogP contribution in [0.5, 0.6) is 0 Å². The summed E-state index contributed by atoms with van der Waals surface area (Å²) in [6.45, 7) is 1.82. The zero-order valence-corrected chi connectivity index (χ0v) is 19.0. The van der Waals surface area contributed by atoms with Crippen molar-refractivity contribution in [3.63, 3.8) is 0 Å². The molecule has 1 aliphatic carbocycles. The summed E-state index contributed by atoms with van der Waals surface area (Å²) in [5, 5.41) is 12.3. The number of hydrogen-bond donors (Lipinski definition) is 2. The summed E-state index contributed by atoms with van der Waals surface area (Å²) in [7, 11) is 0. The molecule has 0 spiro atoms. The van der Waals surface area contributed by atoms with Gasteiger partial charge in [0.25, 0.3) is 5.56 Å². The highest BCUT2D eigenvalue weighted by Gasteiger charge is 2.22. The zero-order chi connectivity index (χ0) is 24.1. The van der Waals surface area contributed by atoms with Crippen molar-refractivity contribution >= 4 is 23.8 Å². The van der Waals surface area contributed by atoms with Gasteiger partial charge in [-0.15, -0.1) is 0 Å². The number of carbonyl (C=O) groups is 2. The Morgan fingerprint density at radius 1 is 1.15 bits per heavy atom. The molecule has 1 aliphatic rings. The van der Waals surface area contributed by atoms with Crippen LogP contribution in [0, 0.1) is 0 Å². The van der Waals surface area contributed by atoms with Gasteiger partial charge in [-0.3, -0.25) is 14.9 Å². The van der Waals surface area contributed by atoms with Gasteiger partial charge in [-0.25, -0.2) is 14.3 Å². The standard InChI is InChI=1S/C26H27N3O5/c1-2-34-26(33)23-21(16-27-22-14-7-6-13-20(22)25(31)32)24(30)29(28-23)19-12-8-11-18(15-19)17-9-4-3-5-10-17/h6-8,11-17,28H,2-5,9-10H2,1H3,(H,31,32). The number of aromatic amines is 1. The summed E-state index contributed by atoms with van der Waals surface area (Å²) < 4.78 is 6.44. The molecule has 1 saturated carbocycles. The molecular weight excluding hydrogens is 434 g/mol. The molecule has 0 aliphatic heterocycles. The van der Waals surface area contributed by atoms with E-state index in [-0.39, 0.29) is 29.1 Å². The first-order valence-corrected chi connectivity index (χ1v) is 11.5. The number of carboxylic acids is 1. The van der Waals surface area contributed by atoms with Crippen molar-refractivity contribution in [1.82, 2.24) is 9.78 Å². The van der Waals surface area contributed by atoms with Crippen LogP contribution >= 0.6 is 0 Å². The Morgan fingerprint density at radius 3 is 2.65 bits per heavy atom. The lowest BCUT2D eigenvalue weighted by atomic mass is 9.84. The summed E-state index contributed by atoms with van der Waals surface area (Å²) in [5.41, 5.74) is 1.45. The molecule has 34 heavy (non-hydrogen) atoms. The van der Waals surface area contributed by atoms with Crippen LogP contribution < -0.4 is 5.56 Å². The number of aromatic carboxylic acids is 1. The van der Waals surface area contributed by atoms with Gasteiger partial charge in [0.1, 0.15) is 0 Å². The van der Waals surface area contributed by atoms with Crippen molar-refractivity contribution in [2.45, 2.75) is 44.9 Å². The van der Waals surface area contributed by atoms with Gasteiger partial charge < -0.3 is 9.84 Å². The van der Waals surface area contributed by atoms with Crippen molar-refractivity contribution in [1.29, 1.82) is 0 Å². The molecule has 0 bridgehead atoms. The first-order valence-electron chi connectivity index (χ1n) is 11.5. The highest BCUT2D eigenvalue weighted by Crippen LogP contribution is 2.33. The number of nitrogens with zero attached hydrogens (tertiary/aromatic N) is 2. The summed E-state index contributed by atoms with van der Waals surface area (Å²) in [4.78, 5) is 41.6. The molecule has 1 heterocycles. The lowest BCUT2D eigenvalue weighted by Gasteiger charge is -2.22. The van der Waals surface area contributed by atoms with E-state index in [1.165, 1.54) is 47.9 Å². The van der Waals surface area contributed by atoms with E-state index in [9.17, 15) is 19.5 Å². The van der Waals surface area contributed by atoms with Crippen LogP contribution in [0.15, 0.2) is 58.3 Å². The third kappa shape index (κ3) is 4.85. The number of aliphatic imine (C=N–C) groups is 1. The molecule has 2 N–H and O–H groups in total. The van der Waals surface area contributed by atoms with Crippen molar-refractivity contribution in [2.24, 2.45) is 4.99 Å². The quantitative estimate of drug-likeness (QED) is 0.386. The van der Waals surface area contributed by atoms with Gasteiger partial charge in [0.15, 0.2) is 5.69 Å². The number of esters is 1. The highest BCUT2D eigenvalue weighted by atomic mass is 16.5. The molecule has 8 nitrogen and oxygen atoms in total. The largest absolute Gasteiger partial charge is 0.478 e. The third-order valence-corrected chi connectivity index (χ3v) is 6.08. The topological polar surface area (TPSA) is 114 Å². The van der Waals surface area contributed by atoms with Crippen LogP contribution in [0.2, 0.25) is 0 Å². The summed E-state index contributed by atoms with van der Waals surface area (Å²) in [6, 6.07) is 14.0. The fourth-order valence-corrected chi connectivity index (χ4v) is 4.37. The third-order valence-electron chi connectivity index (χ3n) is 6.08. The lowest BCUT2D eigenvalue weighted by molar-refractivity contribution is 0.0518. The van der Waals surface area contributed by atoms with E-state index < -0.39 is 17.5 Å². The first kappa shape index (κ1) is 23.2. The minimum absolute atomic E-state index is 0.00158. The Kier molecular flexibility index (Phi) is 7.06. The molecule has 2 aromatic carbocycles. The van der Waals surface area contributed by atoms with Crippen LogP contribution in [0.4, 0.5) is 5.69 Å². The van der Waals surface area contributed by atoms with Gasteiger partial charge in [0.05, 0.1) is 29.1 Å². The second kappa shape index (κ2) is 10.3. The molecule has 0 atom stereocenters. The number of nitrogens with one attached hydrogen (secondary N) is 1. The number of H-pyrrole nitrogens is 1. The highest BCUT2D eigenvalue weighted by molar-refractivity contribution is 5.99. The van der Waals surface area contributed by atoms with E-state index >= 15 is 0 Å². The molecule has 1 fully saturated rings. The molecular formula is C26H27N3O5. The molecule has 1 aromatic heterocycles. The number of hydrogen-bond acceptors (Lipinski definition) is 5. The van der Waals surface area contributed by atoms with E-state index in [4.69, 9.17) is 4.74 Å². The fourth-order valence-electron chi connectivity index (χ4n) is 4.37. The summed E-state index contributed by atoms with van der Waals surface area (Å²) in [6.07, 6.45) is 7.11. The molecule has 4 rings (SSSR count). The fraction of sp³-hybridized carbons (Fsp3) is 0.308. The molecule has 176 valence electrons. The number of ether oxygens (including phenoxy) is 1. The maximum atomic E-state index is 13.3. The smallest absolute Gasteiger partial charge is 0.357 e. The minimum Gasteiger partial charge on any atom is -0.478 e. The molecule has 0 unspecified atom stereocenters. The van der Waals surface area contributed by atoms with E-state index in [0.29, 0.717) is 11.6 Å². The SMILES string of the molecule is CCOC(=O)c1[nH]n(-c2cccc(C3CCCCC3)c2)c(=O)c1C=Nc1ccccc1C(=O)O. The van der Waals surface area contributed by atoms with Crippen molar-refractivity contribution in [2.75, 3.05) is 6.61 Å².